The Morgan fingerprint density at radius 3 is 2.69 bits per heavy atom. The lowest BCUT2D eigenvalue weighted by atomic mass is 9.91. The maximum absolute atomic E-state index is 8.76. The van der Waals surface area contributed by atoms with Crippen molar-refractivity contribution in [2.24, 2.45) is 0 Å². The highest BCUT2D eigenvalue weighted by atomic mass is 35.5. The molecule has 0 amide bonds. The monoisotopic (exact) mass is 237 g/mol. The first-order valence-electron chi connectivity index (χ1n) is 5.38. The van der Waals surface area contributed by atoms with Crippen molar-refractivity contribution in [3.8, 4) is 6.07 Å². The van der Waals surface area contributed by atoms with Gasteiger partial charge in [0.1, 0.15) is 6.07 Å². The minimum Gasteiger partial charge on any atom is -0.317 e. The highest BCUT2D eigenvalue weighted by Gasteiger charge is 2.18. The van der Waals surface area contributed by atoms with E-state index in [-0.39, 0.29) is 12.4 Å². The quantitative estimate of drug-likeness (QED) is 0.814. The molecule has 0 aliphatic carbocycles. The van der Waals surface area contributed by atoms with E-state index in [1.165, 1.54) is 5.69 Å². The van der Waals surface area contributed by atoms with Gasteiger partial charge in [-0.3, -0.25) is 4.98 Å². The lowest BCUT2D eigenvalue weighted by molar-refractivity contribution is 0.452. The van der Waals surface area contributed by atoms with E-state index < -0.39 is 0 Å². The fourth-order valence-electron chi connectivity index (χ4n) is 2.17. The normalized spacial score (nSPS) is 16.2. The zero-order valence-corrected chi connectivity index (χ0v) is 10.2. The highest BCUT2D eigenvalue weighted by Crippen LogP contribution is 2.26. The van der Waals surface area contributed by atoms with Gasteiger partial charge in [0.15, 0.2) is 0 Å². The van der Waals surface area contributed by atoms with Crippen molar-refractivity contribution in [3.63, 3.8) is 0 Å². The molecule has 2 heterocycles. The lowest BCUT2D eigenvalue weighted by Gasteiger charge is -2.23. The Morgan fingerprint density at radius 1 is 1.44 bits per heavy atom. The number of rotatable bonds is 1. The number of nitrogens with zero attached hydrogens (tertiary/aromatic N) is 2. The Balaban J connectivity index is 0.00000128. The summed E-state index contributed by atoms with van der Waals surface area (Å²) in [4.78, 5) is 4.42. The van der Waals surface area contributed by atoms with Crippen LogP contribution in [-0.2, 0) is 0 Å². The average molecular weight is 238 g/mol. The van der Waals surface area contributed by atoms with Crippen LogP contribution in [0.3, 0.4) is 0 Å². The van der Waals surface area contributed by atoms with Crippen LogP contribution in [0.2, 0.25) is 0 Å². The molecule has 1 saturated heterocycles. The number of hydrogen-bond acceptors (Lipinski definition) is 3. The third-order valence-corrected chi connectivity index (χ3v) is 2.97. The van der Waals surface area contributed by atoms with Crippen LogP contribution in [0.1, 0.15) is 35.6 Å². The number of nitriles is 1. The van der Waals surface area contributed by atoms with E-state index in [4.69, 9.17) is 5.26 Å². The van der Waals surface area contributed by atoms with Crippen LogP contribution in [-0.4, -0.2) is 18.1 Å². The number of pyridine rings is 1. The number of aryl methyl sites for hydroxylation is 1. The van der Waals surface area contributed by atoms with Crippen LogP contribution in [0.25, 0.3) is 0 Å². The summed E-state index contributed by atoms with van der Waals surface area (Å²) in [5.41, 5.74) is 2.99. The van der Waals surface area contributed by atoms with Crippen molar-refractivity contribution in [1.29, 1.82) is 5.26 Å². The fraction of sp³-hybridized carbons (Fsp3) is 0.500. The highest BCUT2D eigenvalue weighted by molar-refractivity contribution is 5.85. The zero-order valence-electron chi connectivity index (χ0n) is 9.36. The minimum atomic E-state index is 0. The first-order chi connectivity index (χ1) is 7.31. The topological polar surface area (TPSA) is 48.7 Å². The molecule has 1 aromatic rings. The maximum atomic E-state index is 8.76. The summed E-state index contributed by atoms with van der Waals surface area (Å²) in [7, 11) is 0. The molecule has 0 radical (unpaired) electrons. The number of piperidine rings is 1. The van der Waals surface area contributed by atoms with E-state index in [0.717, 1.165) is 31.5 Å². The van der Waals surface area contributed by atoms with Crippen molar-refractivity contribution in [1.82, 2.24) is 10.3 Å². The molecule has 1 aliphatic rings. The van der Waals surface area contributed by atoms with Gasteiger partial charge in [-0.25, -0.2) is 0 Å². The summed E-state index contributed by atoms with van der Waals surface area (Å²) in [6, 6.07) is 4.06. The number of nitrogens with one attached hydrogen (secondary N) is 1. The molecule has 1 fully saturated rings. The maximum Gasteiger partial charge on any atom is 0.101 e. The van der Waals surface area contributed by atoms with Crippen molar-refractivity contribution in [2.45, 2.75) is 25.7 Å². The number of halogens is 1. The van der Waals surface area contributed by atoms with E-state index in [9.17, 15) is 0 Å². The molecule has 0 bridgehead atoms. The molecular formula is C12H16ClN3. The van der Waals surface area contributed by atoms with Gasteiger partial charge < -0.3 is 5.32 Å². The largest absolute Gasteiger partial charge is 0.317 e. The molecule has 1 aliphatic heterocycles. The fourth-order valence-corrected chi connectivity index (χ4v) is 2.17. The second-order valence-electron chi connectivity index (χ2n) is 4.06. The lowest BCUT2D eigenvalue weighted by Crippen LogP contribution is -2.27. The molecule has 0 atom stereocenters. The molecule has 16 heavy (non-hydrogen) atoms. The molecule has 2 rings (SSSR count). The Morgan fingerprint density at radius 2 is 2.12 bits per heavy atom. The van der Waals surface area contributed by atoms with Gasteiger partial charge >= 0.3 is 0 Å². The van der Waals surface area contributed by atoms with Crippen molar-refractivity contribution >= 4 is 12.4 Å². The first kappa shape index (κ1) is 13.0. The molecule has 4 heteroatoms. The summed E-state index contributed by atoms with van der Waals surface area (Å²) in [6.07, 6.45) is 3.99. The molecule has 0 saturated carbocycles. The summed E-state index contributed by atoms with van der Waals surface area (Å²) in [5, 5.41) is 12.1. The first-order valence-corrected chi connectivity index (χ1v) is 5.38. The third kappa shape index (κ3) is 2.72. The standard InChI is InChI=1S/C12H15N3.ClH/c1-9-6-10(7-13)8-15-12(9)11-2-4-14-5-3-11;/h6,8,11,14H,2-5H2,1H3;1H. The summed E-state index contributed by atoms with van der Waals surface area (Å²) >= 11 is 0. The summed E-state index contributed by atoms with van der Waals surface area (Å²) in [6.45, 7) is 4.20. The molecule has 0 unspecified atom stereocenters. The number of aromatic nitrogens is 1. The minimum absolute atomic E-state index is 0. The van der Waals surface area contributed by atoms with Gasteiger partial charge in [0.25, 0.3) is 0 Å². The van der Waals surface area contributed by atoms with Crippen molar-refractivity contribution in [3.05, 3.63) is 29.1 Å². The predicted molar refractivity (Wildman–Crippen MR) is 65.8 cm³/mol. The van der Waals surface area contributed by atoms with E-state index in [1.54, 1.807) is 6.20 Å². The summed E-state index contributed by atoms with van der Waals surface area (Å²) in [5.74, 6) is 0.569. The smallest absolute Gasteiger partial charge is 0.101 e. The van der Waals surface area contributed by atoms with Gasteiger partial charge in [-0.1, -0.05) is 0 Å². The van der Waals surface area contributed by atoms with E-state index in [2.05, 4.69) is 16.4 Å². The molecule has 3 nitrogen and oxygen atoms in total. The molecular weight excluding hydrogens is 222 g/mol. The van der Waals surface area contributed by atoms with Gasteiger partial charge in [-0.05, 0) is 44.5 Å². The van der Waals surface area contributed by atoms with Crippen LogP contribution < -0.4 is 5.32 Å². The Kier molecular flexibility index (Phi) is 4.72. The predicted octanol–water partition coefficient (Wildman–Crippen LogP) is 2.15. The molecule has 1 aromatic heterocycles. The molecule has 0 aromatic carbocycles. The van der Waals surface area contributed by atoms with Crippen LogP contribution in [0.4, 0.5) is 0 Å². The van der Waals surface area contributed by atoms with Crippen LogP contribution in [0, 0.1) is 18.3 Å². The van der Waals surface area contributed by atoms with Gasteiger partial charge in [0.05, 0.1) is 5.56 Å². The second kappa shape index (κ2) is 5.83. The van der Waals surface area contributed by atoms with Gasteiger partial charge in [-0.15, -0.1) is 12.4 Å². The SMILES string of the molecule is Cc1cc(C#N)cnc1C1CCNCC1.Cl. The van der Waals surface area contributed by atoms with E-state index in [1.807, 2.05) is 13.0 Å². The van der Waals surface area contributed by atoms with Crippen LogP contribution in [0.15, 0.2) is 12.3 Å². The van der Waals surface area contributed by atoms with Gasteiger partial charge in [0.2, 0.25) is 0 Å². The Labute approximate surface area is 102 Å². The molecule has 1 N–H and O–H groups in total. The number of hydrogen-bond donors (Lipinski definition) is 1. The van der Waals surface area contributed by atoms with E-state index >= 15 is 0 Å². The zero-order chi connectivity index (χ0) is 10.7. The van der Waals surface area contributed by atoms with Crippen molar-refractivity contribution in [2.75, 3.05) is 13.1 Å². The Hall–Kier alpha value is -1.11. The van der Waals surface area contributed by atoms with Crippen LogP contribution >= 0.6 is 12.4 Å². The average Bonchev–Trinajstić information content (AvgIpc) is 2.30. The van der Waals surface area contributed by atoms with Crippen LogP contribution in [0.5, 0.6) is 0 Å². The van der Waals surface area contributed by atoms with E-state index in [0.29, 0.717) is 11.5 Å². The van der Waals surface area contributed by atoms with Gasteiger partial charge in [0, 0.05) is 17.8 Å². The molecule has 0 spiro atoms. The van der Waals surface area contributed by atoms with Gasteiger partial charge in [-0.2, -0.15) is 5.26 Å². The van der Waals surface area contributed by atoms with Crippen molar-refractivity contribution < 1.29 is 0 Å². The Bertz CT molecular complexity index is 392. The summed E-state index contributed by atoms with van der Waals surface area (Å²) < 4.78 is 0. The second-order valence-corrected chi connectivity index (χ2v) is 4.06. The third-order valence-electron chi connectivity index (χ3n) is 2.97. The molecule has 86 valence electrons.